The fourth-order valence-electron chi connectivity index (χ4n) is 2.32. The smallest absolute Gasteiger partial charge is 0.224 e. The number of ether oxygens (including phenoxy) is 1. The zero-order valence-corrected chi connectivity index (χ0v) is 11.8. The van der Waals surface area contributed by atoms with E-state index in [-0.39, 0.29) is 17.9 Å². The Morgan fingerprint density at radius 2 is 2.11 bits per heavy atom. The predicted octanol–water partition coefficient (Wildman–Crippen LogP) is 1.68. The highest BCUT2D eigenvalue weighted by Gasteiger charge is 2.27. The monoisotopic (exact) mass is 256 g/mol. The van der Waals surface area contributed by atoms with Crippen LogP contribution in [0.1, 0.15) is 46.0 Å². The van der Waals surface area contributed by atoms with Gasteiger partial charge in [-0.25, -0.2) is 0 Å². The Labute approximate surface area is 111 Å². The van der Waals surface area contributed by atoms with Crippen molar-refractivity contribution in [2.45, 2.75) is 52.0 Å². The molecule has 1 saturated carbocycles. The fourth-order valence-corrected chi connectivity index (χ4v) is 2.32. The second kappa shape index (κ2) is 8.48. The summed E-state index contributed by atoms with van der Waals surface area (Å²) in [6.07, 6.45) is 5.09. The van der Waals surface area contributed by atoms with Crippen LogP contribution in [0.2, 0.25) is 0 Å². The van der Waals surface area contributed by atoms with E-state index in [4.69, 9.17) is 10.5 Å². The van der Waals surface area contributed by atoms with Crippen LogP contribution in [-0.4, -0.2) is 31.7 Å². The zero-order chi connectivity index (χ0) is 13.4. The molecule has 1 amide bonds. The molecule has 3 N–H and O–H groups in total. The molecule has 1 fully saturated rings. The molecule has 4 nitrogen and oxygen atoms in total. The number of amides is 1. The van der Waals surface area contributed by atoms with Crippen LogP contribution in [0.25, 0.3) is 0 Å². The number of nitrogens with two attached hydrogens (primary N) is 1. The highest BCUT2D eigenvalue weighted by atomic mass is 16.5. The summed E-state index contributed by atoms with van der Waals surface area (Å²) in [6.45, 7) is 6.47. The second-order valence-electron chi connectivity index (χ2n) is 5.67. The average molecular weight is 256 g/mol. The van der Waals surface area contributed by atoms with Gasteiger partial charge in [0.15, 0.2) is 0 Å². The van der Waals surface area contributed by atoms with Crippen molar-refractivity contribution in [3.05, 3.63) is 0 Å². The molecule has 1 rings (SSSR count). The van der Waals surface area contributed by atoms with Gasteiger partial charge in [0.25, 0.3) is 0 Å². The maximum atomic E-state index is 11.9. The molecular formula is C14H28N2O2. The number of hydrogen-bond acceptors (Lipinski definition) is 3. The first-order valence-electron chi connectivity index (χ1n) is 7.22. The largest absolute Gasteiger partial charge is 0.381 e. The second-order valence-corrected chi connectivity index (χ2v) is 5.67. The van der Waals surface area contributed by atoms with Crippen LogP contribution in [0.15, 0.2) is 0 Å². The van der Waals surface area contributed by atoms with E-state index in [0.717, 1.165) is 45.3 Å². The highest BCUT2D eigenvalue weighted by molar-refractivity contribution is 5.79. The Balaban J connectivity index is 2.06. The number of hydrogen-bond donors (Lipinski definition) is 2. The van der Waals surface area contributed by atoms with E-state index < -0.39 is 0 Å². The lowest BCUT2D eigenvalue weighted by Crippen LogP contribution is -2.44. The topological polar surface area (TPSA) is 64.3 Å². The zero-order valence-electron chi connectivity index (χ0n) is 11.8. The lowest BCUT2D eigenvalue weighted by atomic mass is 9.84. The van der Waals surface area contributed by atoms with E-state index in [1.165, 1.54) is 0 Å². The van der Waals surface area contributed by atoms with Crippen molar-refractivity contribution in [2.75, 3.05) is 19.8 Å². The van der Waals surface area contributed by atoms with E-state index in [1.807, 2.05) is 0 Å². The molecule has 0 aromatic carbocycles. The highest BCUT2D eigenvalue weighted by Crippen LogP contribution is 2.22. The molecular weight excluding hydrogens is 228 g/mol. The van der Waals surface area contributed by atoms with Crippen LogP contribution in [0, 0.1) is 11.8 Å². The number of nitrogens with one attached hydrogen (secondary N) is 1. The minimum Gasteiger partial charge on any atom is -0.381 e. The average Bonchev–Trinajstić information content (AvgIpc) is 2.33. The van der Waals surface area contributed by atoms with Gasteiger partial charge in [0.1, 0.15) is 0 Å². The summed E-state index contributed by atoms with van der Waals surface area (Å²) in [5, 5.41) is 2.97. The third-order valence-electron chi connectivity index (χ3n) is 3.37. The third-order valence-corrected chi connectivity index (χ3v) is 3.37. The van der Waals surface area contributed by atoms with E-state index in [1.54, 1.807) is 0 Å². The van der Waals surface area contributed by atoms with Gasteiger partial charge in [-0.2, -0.15) is 0 Å². The van der Waals surface area contributed by atoms with Crippen molar-refractivity contribution < 1.29 is 9.53 Å². The molecule has 2 unspecified atom stereocenters. The Morgan fingerprint density at radius 3 is 2.78 bits per heavy atom. The molecule has 106 valence electrons. The van der Waals surface area contributed by atoms with Crippen LogP contribution in [0.4, 0.5) is 0 Å². The van der Waals surface area contributed by atoms with Gasteiger partial charge in [-0.15, -0.1) is 0 Å². The summed E-state index contributed by atoms with van der Waals surface area (Å²) < 4.78 is 5.47. The first-order valence-corrected chi connectivity index (χ1v) is 7.22. The van der Waals surface area contributed by atoms with Crippen LogP contribution >= 0.6 is 0 Å². The first-order chi connectivity index (χ1) is 8.61. The number of rotatable bonds is 7. The molecule has 4 heteroatoms. The fraction of sp³-hybridized carbons (Fsp3) is 0.929. The van der Waals surface area contributed by atoms with Gasteiger partial charge in [0, 0.05) is 25.8 Å². The minimum atomic E-state index is 0.0235. The Morgan fingerprint density at radius 1 is 1.39 bits per heavy atom. The summed E-state index contributed by atoms with van der Waals surface area (Å²) in [7, 11) is 0. The summed E-state index contributed by atoms with van der Waals surface area (Å²) in [4.78, 5) is 11.9. The SMILES string of the molecule is CC(C)COCCCNC(=O)C1CCCCC1N. The number of carbonyl (C=O) groups is 1. The molecule has 18 heavy (non-hydrogen) atoms. The Bertz CT molecular complexity index is 244. The van der Waals surface area contributed by atoms with Gasteiger partial charge < -0.3 is 15.8 Å². The Kier molecular flexibility index (Phi) is 7.28. The molecule has 2 atom stereocenters. The molecule has 0 aromatic heterocycles. The minimum absolute atomic E-state index is 0.0235. The molecule has 0 spiro atoms. The van der Waals surface area contributed by atoms with Crippen LogP contribution in [0.5, 0.6) is 0 Å². The van der Waals surface area contributed by atoms with Gasteiger partial charge in [0.05, 0.1) is 5.92 Å². The standard InChI is InChI=1S/C14H28N2O2/c1-11(2)10-18-9-5-8-16-14(17)12-6-3-4-7-13(12)15/h11-13H,3-10,15H2,1-2H3,(H,16,17). The van der Waals surface area contributed by atoms with Gasteiger partial charge in [-0.05, 0) is 25.2 Å². The van der Waals surface area contributed by atoms with Crippen molar-refractivity contribution in [2.24, 2.45) is 17.6 Å². The Hall–Kier alpha value is -0.610. The van der Waals surface area contributed by atoms with Gasteiger partial charge in [0.2, 0.25) is 5.91 Å². The van der Waals surface area contributed by atoms with Crippen LogP contribution < -0.4 is 11.1 Å². The van der Waals surface area contributed by atoms with Crippen molar-refractivity contribution in [3.63, 3.8) is 0 Å². The summed E-state index contributed by atoms with van der Waals surface area (Å²) in [5.41, 5.74) is 5.98. The van der Waals surface area contributed by atoms with Gasteiger partial charge in [-0.1, -0.05) is 26.7 Å². The normalized spacial score (nSPS) is 24.2. The maximum Gasteiger partial charge on any atom is 0.224 e. The quantitative estimate of drug-likeness (QED) is 0.681. The van der Waals surface area contributed by atoms with Crippen LogP contribution in [-0.2, 0) is 9.53 Å². The maximum absolute atomic E-state index is 11.9. The molecule has 0 bridgehead atoms. The molecule has 0 radical (unpaired) electrons. The number of carbonyl (C=O) groups excluding carboxylic acids is 1. The van der Waals surface area contributed by atoms with Crippen LogP contribution in [0.3, 0.4) is 0 Å². The summed E-state index contributed by atoms with van der Waals surface area (Å²) in [6, 6.07) is 0.0518. The van der Waals surface area contributed by atoms with Gasteiger partial charge >= 0.3 is 0 Å². The molecule has 0 saturated heterocycles. The van der Waals surface area contributed by atoms with E-state index >= 15 is 0 Å². The first kappa shape index (κ1) is 15.4. The van der Waals surface area contributed by atoms with Crippen molar-refractivity contribution in [1.82, 2.24) is 5.32 Å². The molecule has 1 aliphatic carbocycles. The van der Waals surface area contributed by atoms with E-state index in [0.29, 0.717) is 12.5 Å². The van der Waals surface area contributed by atoms with Gasteiger partial charge in [-0.3, -0.25) is 4.79 Å². The van der Waals surface area contributed by atoms with E-state index in [9.17, 15) is 4.79 Å². The lowest BCUT2D eigenvalue weighted by molar-refractivity contribution is -0.126. The van der Waals surface area contributed by atoms with E-state index in [2.05, 4.69) is 19.2 Å². The van der Waals surface area contributed by atoms with Crippen molar-refractivity contribution in [1.29, 1.82) is 0 Å². The van der Waals surface area contributed by atoms with Crippen molar-refractivity contribution >= 4 is 5.91 Å². The molecule has 0 heterocycles. The van der Waals surface area contributed by atoms with Crippen molar-refractivity contribution in [3.8, 4) is 0 Å². The summed E-state index contributed by atoms with van der Waals surface area (Å²) in [5.74, 6) is 0.723. The molecule has 1 aliphatic rings. The summed E-state index contributed by atoms with van der Waals surface area (Å²) >= 11 is 0. The lowest BCUT2D eigenvalue weighted by Gasteiger charge is -2.27. The molecule has 0 aromatic rings. The predicted molar refractivity (Wildman–Crippen MR) is 73.2 cm³/mol. The molecule has 0 aliphatic heterocycles. The third kappa shape index (κ3) is 5.83.